The first-order valence-corrected chi connectivity index (χ1v) is 8.75. The van der Waals surface area contributed by atoms with Crippen LogP contribution in [0.5, 0.6) is 0 Å². The zero-order valence-corrected chi connectivity index (χ0v) is 15.9. The van der Waals surface area contributed by atoms with Gasteiger partial charge in [-0.3, -0.25) is 24.1 Å². The van der Waals surface area contributed by atoms with Crippen LogP contribution in [0.2, 0.25) is 5.02 Å². The number of rotatable bonds is 5. The minimum Gasteiger partial charge on any atom is -0.324 e. The number of hydrogen-bond donors (Lipinski definition) is 2. The summed E-state index contributed by atoms with van der Waals surface area (Å²) in [5.41, 5.74) is 0.862. The normalized spacial score (nSPS) is 13.7. The van der Waals surface area contributed by atoms with E-state index in [2.05, 4.69) is 10.6 Å². The summed E-state index contributed by atoms with van der Waals surface area (Å²) < 4.78 is 0. The highest BCUT2D eigenvalue weighted by molar-refractivity contribution is 6.45. The van der Waals surface area contributed by atoms with Crippen LogP contribution < -0.4 is 10.6 Å². The summed E-state index contributed by atoms with van der Waals surface area (Å²) in [4.78, 5) is 61.2. The summed E-state index contributed by atoms with van der Waals surface area (Å²) in [5.74, 6) is -3.31. The summed E-state index contributed by atoms with van der Waals surface area (Å²) >= 11 is 5.82. The van der Waals surface area contributed by atoms with Gasteiger partial charge in [-0.05, 0) is 36.4 Å². The molecule has 1 heterocycles. The lowest BCUT2D eigenvalue weighted by Gasteiger charge is -2.14. The molecule has 2 aromatic rings. The third-order valence-corrected chi connectivity index (χ3v) is 4.35. The molecule has 1 aliphatic rings. The Kier molecular flexibility index (Phi) is 5.60. The van der Waals surface area contributed by atoms with Gasteiger partial charge < -0.3 is 10.6 Å². The number of halogens is 1. The number of carbonyl (C=O) groups is 5. The fourth-order valence-corrected chi connectivity index (χ4v) is 2.73. The van der Waals surface area contributed by atoms with Crippen LogP contribution in [-0.2, 0) is 14.4 Å². The van der Waals surface area contributed by atoms with E-state index in [4.69, 9.17) is 11.6 Å². The average Bonchev–Trinajstić information content (AvgIpc) is 2.88. The number of para-hydroxylation sites is 1. The van der Waals surface area contributed by atoms with Crippen LogP contribution >= 0.6 is 11.6 Å². The maximum absolute atomic E-state index is 12.6. The van der Waals surface area contributed by atoms with Crippen LogP contribution in [0.1, 0.15) is 10.4 Å². The molecule has 2 aromatic carbocycles. The molecule has 10 heteroatoms. The highest BCUT2D eigenvalue weighted by Gasteiger charge is 2.43. The molecule has 0 bridgehead atoms. The number of nitrogens with zero attached hydrogens (tertiary/aromatic N) is 2. The highest BCUT2D eigenvalue weighted by atomic mass is 35.5. The zero-order valence-electron chi connectivity index (χ0n) is 15.1. The minimum atomic E-state index is -1.08. The Hall–Kier alpha value is -3.72. The van der Waals surface area contributed by atoms with Gasteiger partial charge in [0.2, 0.25) is 5.91 Å². The summed E-state index contributed by atoms with van der Waals surface area (Å²) in [6.07, 6.45) is 0. The predicted molar refractivity (Wildman–Crippen MR) is 104 cm³/mol. The molecule has 29 heavy (non-hydrogen) atoms. The van der Waals surface area contributed by atoms with E-state index in [0.717, 1.165) is 7.05 Å². The molecule has 1 fully saturated rings. The molecule has 0 aliphatic carbocycles. The third kappa shape index (κ3) is 4.25. The lowest BCUT2D eigenvalue weighted by Crippen LogP contribution is -2.38. The van der Waals surface area contributed by atoms with Crippen LogP contribution in [0.3, 0.4) is 0 Å². The molecule has 0 radical (unpaired) electrons. The van der Waals surface area contributed by atoms with Gasteiger partial charge in [-0.2, -0.15) is 0 Å². The number of urea groups is 1. The van der Waals surface area contributed by atoms with Gasteiger partial charge >= 0.3 is 17.8 Å². The van der Waals surface area contributed by atoms with Crippen molar-refractivity contribution >= 4 is 52.6 Å². The van der Waals surface area contributed by atoms with Gasteiger partial charge in [-0.1, -0.05) is 23.7 Å². The van der Waals surface area contributed by atoms with Crippen molar-refractivity contribution < 1.29 is 24.0 Å². The van der Waals surface area contributed by atoms with Gasteiger partial charge in [0.1, 0.15) is 6.54 Å². The van der Waals surface area contributed by atoms with Gasteiger partial charge in [0.15, 0.2) is 0 Å². The zero-order chi connectivity index (χ0) is 21.1. The molecule has 6 amide bonds. The first-order chi connectivity index (χ1) is 13.8. The van der Waals surface area contributed by atoms with Crippen molar-refractivity contribution in [3.63, 3.8) is 0 Å². The van der Waals surface area contributed by atoms with Gasteiger partial charge in [-0.15, -0.1) is 0 Å². The highest BCUT2D eigenvalue weighted by Crippen LogP contribution is 2.19. The van der Waals surface area contributed by atoms with E-state index in [-0.39, 0.29) is 11.3 Å². The number of benzene rings is 2. The molecule has 1 saturated heterocycles. The third-order valence-electron chi connectivity index (χ3n) is 4.10. The molecule has 0 unspecified atom stereocenters. The van der Waals surface area contributed by atoms with Crippen molar-refractivity contribution in [3.05, 3.63) is 59.1 Å². The SMILES string of the molecule is CN1C(=O)C(=O)N(CC(=O)Nc2ccccc2C(=O)Nc2ccc(Cl)cc2)C1=O. The Morgan fingerprint density at radius 2 is 1.59 bits per heavy atom. The van der Waals surface area contributed by atoms with Gasteiger partial charge in [0.25, 0.3) is 5.91 Å². The van der Waals surface area contributed by atoms with E-state index in [1.54, 1.807) is 36.4 Å². The van der Waals surface area contributed by atoms with Crippen molar-refractivity contribution in [2.75, 3.05) is 24.2 Å². The second-order valence-corrected chi connectivity index (χ2v) is 6.53. The number of amides is 6. The molecular weight excluding hydrogens is 400 g/mol. The number of hydrogen-bond acceptors (Lipinski definition) is 5. The summed E-state index contributed by atoms with van der Waals surface area (Å²) in [6.45, 7) is -0.652. The van der Waals surface area contributed by atoms with Crippen LogP contribution in [0.4, 0.5) is 16.2 Å². The molecular formula is C19H15ClN4O5. The van der Waals surface area contributed by atoms with Crippen molar-refractivity contribution in [3.8, 4) is 0 Å². The Bertz CT molecular complexity index is 1020. The van der Waals surface area contributed by atoms with Gasteiger partial charge in [0.05, 0.1) is 11.3 Å². The summed E-state index contributed by atoms with van der Waals surface area (Å²) in [7, 11) is 1.15. The van der Waals surface area contributed by atoms with Gasteiger partial charge in [0, 0.05) is 17.8 Å². The summed E-state index contributed by atoms with van der Waals surface area (Å²) in [5, 5.41) is 5.69. The van der Waals surface area contributed by atoms with E-state index in [9.17, 15) is 24.0 Å². The maximum Gasteiger partial charge on any atom is 0.334 e. The van der Waals surface area contributed by atoms with Crippen molar-refractivity contribution in [1.82, 2.24) is 9.80 Å². The lowest BCUT2D eigenvalue weighted by molar-refractivity contribution is -0.143. The van der Waals surface area contributed by atoms with Crippen LogP contribution in [0, 0.1) is 0 Å². The van der Waals surface area contributed by atoms with Crippen molar-refractivity contribution in [1.29, 1.82) is 0 Å². The minimum absolute atomic E-state index is 0.170. The second kappa shape index (κ2) is 8.11. The number of carbonyl (C=O) groups excluding carboxylic acids is 5. The molecule has 3 rings (SSSR count). The van der Waals surface area contributed by atoms with E-state index in [0.29, 0.717) is 20.5 Å². The first-order valence-electron chi connectivity index (χ1n) is 8.37. The second-order valence-electron chi connectivity index (χ2n) is 6.09. The molecule has 2 N–H and O–H groups in total. The number of likely N-dealkylation sites (N-methyl/N-ethyl adjacent to an activating group) is 1. The molecule has 0 atom stereocenters. The Balaban J connectivity index is 1.72. The molecule has 0 spiro atoms. The van der Waals surface area contributed by atoms with Crippen molar-refractivity contribution in [2.45, 2.75) is 0 Å². The summed E-state index contributed by atoms with van der Waals surface area (Å²) in [6, 6.07) is 11.8. The van der Waals surface area contributed by atoms with E-state index >= 15 is 0 Å². The molecule has 1 aliphatic heterocycles. The Morgan fingerprint density at radius 1 is 0.931 bits per heavy atom. The lowest BCUT2D eigenvalue weighted by atomic mass is 10.1. The smallest absolute Gasteiger partial charge is 0.324 e. The number of imide groups is 2. The monoisotopic (exact) mass is 414 g/mol. The van der Waals surface area contributed by atoms with E-state index in [1.165, 1.54) is 12.1 Å². The van der Waals surface area contributed by atoms with Crippen LogP contribution in [0.15, 0.2) is 48.5 Å². The molecule has 0 aromatic heterocycles. The van der Waals surface area contributed by atoms with Gasteiger partial charge in [-0.25, -0.2) is 9.69 Å². The number of nitrogens with one attached hydrogen (secondary N) is 2. The fourth-order valence-electron chi connectivity index (χ4n) is 2.61. The topological polar surface area (TPSA) is 116 Å². The molecule has 148 valence electrons. The average molecular weight is 415 g/mol. The van der Waals surface area contributed by atoms with Crippen LogP contribution in [0.25, 0.3) is 0 Å². The maximum atomic E-state index is 12.6. The first kappa shape index (κ1) is 20.0. The van der Waals surface area contributed by atoms with E-state index in [1.807, 2.05) is 0 Å². The largest absolute Gasteiger partial charge is 0.334 e. The van der Waals surface area contributed by atoms with Crippen LogP contribution in [-0.4, -0.2) is 53.1 Å². The Labute approximate surface area is 170 Å². The van der Waals surface area contributed by atoms with Crippen molar-refractivity contribution in [2.24, 2.45) is 0 Å². The van der Waals surface area contributed by atoms with E-state index < -0.39 is 36.2 Å². The number of anilines is 2. The Morgan fingerprint density at radius 3 is 2.21 bits per heavy atom. The standard InChI is InChI=1S/C19H15ClN4O5/c1-23-17(27)18(28)24(19(23)29)10-15(25)22-14-5-3-2-4-13(14)16(26)21-12-8-6-11(20)7-9-12/h2-9H,10H2,1H3,(H,21,26)(H,22,25). The fraction of sp³-hybridized carbons (Fsp3) is 0.105. The predicted octanol–water partition coefficient (Wildman–Crippen LogP) is 1.95. The molecule has 9 nitrogen and oxygen atoms in total. The molecule has 0 saturated carbocycles. The quantitative estimate of drug-likeness (QED) is 0.573.